The summed E-state index contributed by atoms with van der Waals surface area (Å²) in [6.45, 7) is 2.42. The van der Waals surface area contributed by atoms with E-state index in [9.17, 15) is 4.21 Å². The molecule has 0 saturated heterocycles. The second kappa shape index (κ2) is 4.74. The Hall–Kier alpha value is -0.190. The predicted molar refractivity (Wildman–Crippen MR) is 54.7 cm³/mol. The van der Waals surface area contributed by atoms with E-state index in [4.69, 9.17) is 5.73 Å². The third-order valence-corrected chi connectivity index (χ3v) is 4.39. The molecule has 68 valence electrons. The Labute approximate surface area is 79.2 Å². The van der Waals surface area contributed by atoms with Crippen LogP contribution >= 0.6 is 11.3 Å². The first-order chi connectivity index (χ1) is 5.74. The smallest absolute Gasteiger partial charge is 0.0582 e. The topological polar surface area (TPSA) is 43.1 Å². The van der Waals surface area contributed by atoms with Gasteiger partial charge in [0.05, 0.1) is 5.75 Å². The van der Waals surface area contributed by atoms with E-state index in [1.165, 1.54) is 4.88 Å². The molecule has 2 N–H and O–H groups in total. The number of rotatable bonds is 4. The van der Waals surface area contributed by atoms with Crippen LogP contribution < -0.4 is 5.73 Å². The molecule has 2 atom stereocenters. The number of thiophene rings is 1. The molecule has 1 rings (SSSR count). The van der Waals surface area contributed by atoms with Gasteiger partial charge >= 0.3 is 0 Å². The first kappa shape index (κ1) is 9.89. The van der Waals surface area contributed by atoms with E-state index in [1.807, 2.05) is 24.4 Å². The maximum Gasteiger partial charge on any atom is 0.0582 e. The van der Waals surface area contributed by atoms with Crippen LogP contribution in [0.1, 0.15) is 11.8 Å². The van der Waals surface area contributed by atoms with E-state index in [1.54, 1.807) is 11.3 Å². The van der Waals surface area contributed by atoms with Gasteiger partial charge in [0.1, 0.15) is 0 Å². The SMILES string of the molecule is CC(CN)S(=O)Cc1cccs1. The molecule has 0 amide bonds. The summed E-state index contributed by atoms with van der Waals surface area (Å²) in [4.78, 5) is 1.17. The fourth-order valence-corrected chi connectivity index (χ4v) is 2.77. The Morgan fingerprint density at radius 2 is 2.50 bits per heavy atom. The molecule has 0 bridgehead atoms. The first-order valence-electron chi connectivity index (χ1n) is 3.83. The van der Waals surface area contributed by atoms with Crippen molar-refractivity contribution in [3.05, 3.63) is 22.4 Å². The molecule has 0 aromatic carbocycles. The van der Waals surface area contributed by atoms with Crippen molar-refractivity contribution in [1.82, 2.24) is 0 Å². The third kappa shape index (κ3) is 2.69. The first-order valence-corrected chi connectivity index (χ1v) is 6.10. The molecule has 12 heavy (non-hydrogen) atoms. The minimum Gasteiger partial charge on any atom is -0.329 e. The molecule has 0 aliphatic carbocycles. The standard InChI is InChI=1S/C8H13NOS2/c1-7(5-9)12(10)6-8-3-2-4-11-8/h2-4,7H,5-6,9H2,1H3. The van der Waals surface area contributed by atoms with Crippen molar-refractivity contribution in [2.45, 2.75) is 17.9 Å². The van der Waals surface area contributed by atoms with Crippen LogP contribution in [-0.4, -0.2) is 16.0 Å². The molecule has 1 aromatic heterocycles. The molecule has 1 aromatic rings. The zero-order valence-corrected chi connectivity index (χ0v) is 8.66. The van der Waals surface area contributed by atoms with E-state index in [0.717, 1.165) is 0 Å². The van der Waals surface area contributed by atoms with Gasteiger partial charge in [0.15, 0.2) is 0 Å². The Balaban J connectivity index is 2.47. The van der Waals surface area contributed by atoms with Crippen molar-refractivity contribution >= 4 is 22.1 Å². The van der Waals surface area contributed by atoms with Crippen LogP contribution in [-0.2, 0) is 16.6 Å². The van der Waals surface area contributed by atoms with Gasteiger partial charge in [0.2, 0.25) is 0 Å². The molecule has 0 fully saturated rings. The van der Waals surface area contributed by atoms with Crippen LogP contribution in [0.25, 0.3) is 0 Å². The fourth-order valence-electron chi connectivity index (χ4n) is 0.784. The Morgan fingerprint density at radius 3 is 3.00 bits per heavy atom. The molecule has 1 heterocycles. The van der Waals surface area contributed by atoms with Crippen LogP contribution in [0.3, 0.4) is 0 Å². The molecule has 0 spiro atoms. The van der Waals surface area contributed by atoms with E-state index < -0.39 is 10.8 Å². The van der Waals surface area contributed by atoms with Gasteiger partial charge in [0, 0.05) is 27.5 Å². The molecule has 0 aliphatic heterocycles. The van der Waals surface area contributed by atoms with Crippen molar-refractivity contribution in [3.8, 4) is 0 Å². The zero-order chi connectivity index (χ0) is 8.97. The summed E-state index contributed by atoms with van der Waals surface area (Å²) in [5, 5.41) is 2.10. The molecular weight excluding hydrogens is 190 g/mol. The Morgan fingerprint density at radius 1 is 1.75 bits per heavy atom. The monoisotopic (exact) mass is 203 g/mol. The minimum absolute atomic E-state index is 0.104. The van der Waals surface area contributed by atoms with Crippen LogP contribution in [0, 0.1) is 0 Å². The molecule has 2 nitrogen and oxygen atoms in total. The third-order valence-electron chi connectivity index (χ3n) is 1.65. The highest BCUT2D eigenvalue weighted by atomic mass is 32.2. The van der Waals surface area contributed by atoms with Crippen LogP contribution in [0.15, 0.2) is 17.5 Å². The summed E-state index contributed by atoms with van der Waals surface area (Å²) < 4.78 is 11.5. The van der Waals surface area contributed by atoms with Crippen molar-refractivity contribution in [1.29, 1.82) is 0 Å². The predicted octanol–water partition coefficient (Wildman–Crippen LogP) is 1.34. The molecule has 0 saturated carbocycles. The fraction of sp³-hybridized carbons (Fsp3) is 0.500. The van der Waals surface area contributed by atoms with Crippen LogP contribution in [0.4, 0.5) is 0 Å². The lowest BCUT2D eigenvalue weighted by Gasteiger charge is -2.06. The summed E-state index contributed by atoms with van der Waals surface area (Å²) in [5.41, 5.74) is 5.41. The van der Waals surface area contributed by atoms with Crippen molar-refractivity contribution in [2.24, 2.45) is 5.73 Å². The lowest BCUT2D eigenvalue weighted by molar-refractivity contribution is 0.673. The molecule has 0 aliphatic rings. The maximum absolute atomic E-state index is 11.5. The van der Waals surface area contributed by atoms with E-state index >= 15 is 0 Å². The van der Waals surface area contributed by atoms with Gasteiger partial charge in [-0.3, -0.25) is 4.21 Å². The normalized spacial score (nSPS) is 15.8. The van der Waals surface area contributed by atoms with Crippen LogP contribution in [0.5, 0.6) is 0 Å². The lowest BCUT2D eigenvalue weighted by Crippen LogP contribution is -2.22. The van der Waals surface area contributed by atoms with Gasteiger partial charge in [-0.2, -0.15) is 0 Å². The zero-order valence-electron chi connectivity index (χ0n) is 7.03. The number of nitrogens with two attached hydrogens (primary N) is 1. The van der Waals surface area contributed by atoms with Crippen molar-refractivity contribution in [2.75, 3.05) is 6.54 Å². The van der Waals surface area contributed by atoms with Gasteiger partial charge in [-0.05, 0) is 18.4 Å². The molecule has 0 radical (unpaired) electrons. The van der Waals surface area contributed by atoms with Crippen LogP contribution in [0.2, 0.25) is 0 Å². The van der Waals surface area contributed by atoms with Crippen molar-refractivity contribution in [3.63, 3.8) is 0 Å². The summed E-state index contributed by atoms with van der Waals surface area (Å²) in [5.74, 6) is 0.649. The summed E-state index contributed by atoms with van der Waals surface area (Å²) in [7, 11) is -0.809. The largest absolute Gasteiger partial charge is 0.329 e. The average molecular weight is 203 g/mol. The van der Waals surface area contributed by atoms with Gasteiger partial charge in [-0.25, -0.2) is 0 Å². The van der Waals surface area contributed by atoms with E-state index in [0.29, 0.717) is 12.3 Å². The van der Waals surface area contributed by atoms with E-state index in [-0.39, 0.29) is 5.25 Å². The van der Waals surface area contributed by atoms with Gasteiger partial charge < -0.3 is 5.73 Å². The maximum atomic E-state index is 11.5. The number of hydrogen-bond acceptors (Lipinski definition) is 3. The molecule has 4 heteroatoms. The van der Waals surface area contributed by atoms with Gasteiger partial charge in [-0.1, -0.05) is 6.07 Å². The summed E-state index contributed by atoms with van der Waals surface area (Å²) >= 11 is 1.65. The Kier molecular flexibility index (Phi) is 3.91. The van der Waals surface area contributed by atoms with Gasteiger partial charge in [0.25, 0.3) is 0 Å². The lowest BCUT2D eigenvalue weighted by atomic mass is 10.5. The van der Waals surface area contributed by atoms with Crippen molar-refractivity contribution < 1.29 is 4.21 Å². The molecule has 2 unspecified atom stereocenters. The highest BCUT2D eigenvalue weighted by Gasteiger charge is 2.09. The van der Waals surface area contributed by atoms with Gasteiger partial charge in [-0.15, -0.1) is 11.3 Å². The summed E-state index contributed by atoms with van der Waals surface area (Å²) in [6.07, 6.45) is 0. The quantitative estimate of drug-likeness (QED) is 0.802. The minimum atomic E-state index is -0.809. The second-order valence-corrected chi connectivity index (χ2v) is 5.54. The highest BCUT2D eigenvalue weighted by molar-refractivity contribution is 7.85. The second-order valence-electron chi connectivity index (χ2n) is 2.65. The average Bonchev–Trinajstić information content (AvgIpc) is 2.55. The Bertz CT molecular complexity index is 246. The highest BCUT2D eigenvalue weighted by Crippen LogP contribution is 2.12. The molecular formula is C8H13NOS2. The van der Waals surface area contributed by atoms with E-state index in [2.05, 4.69) is 0 Å². The summed E-state index contributed by atoms with van der Waals surface area (Å²) in [6, 6.07) is 3.98. The number of hydrogen-bond donors (Lipinski definition) is 1.